The molecule has 82 valence electrons. The van der Waals surface area contributed by atoms with Crippen LogP contribution in [0.4, 0.5) is 0 Å². The van der Waals surface area contributed by atoms with Crippen LogP contribution in [-0.4, -0.2) is 22.8 Å². The van der Waals surface area contributed by atoms with E-state index in [0.717, 1.165) is 5.69 Å². The summed E-state index contributed by atoms with van der Waals surface area (Å²) in [6.07, 6.45) is 11.4. The first kappa shape index (κ1) is 10.7. The van der Waals surface area contributed by atoms with E-state index in [1.165, 1.54) is 44.9 Å². The molecule has 0 aromatic carbocycles. The van der Waals surface area contributed by atoms with Gasteiger partial charge in [0.15, 0.2) is 0 Å². The number of nitrogens with zero attached hydrogens (tertiary/aromatic N) is 3. The third kappa shape index (κ3) is 2.41. The fourth-order valence-electron chi connectivity index (χ4n) is 2.51. The van der Waals surface area contributed by atoms with Crippen LogP contribution in [0.2, 0.25) is 0 Å². The summed E-state index contributed by atoms with van der Waals surface area (Å²) in [5, 5.41) is 8.35. The molecule has 0 spiro atoms. The SMILES string of the molecule is BC1(n2cc(C)nn2)CCCCCCC1. The Morgan fingerprint density at radius 3 is 2.33 bits per heavy atom. The van der Waals surface area contributed by atoms with Gasteiger partial charge >= 0.3 is 0 Å². The highest BCUT2D eigenvalue weighted by molar-refractivity contribution is 6.13. The van der Waals surface area contributed by atoms with Gasteiger partial charge in [-0.05, 0) is 19.8 Å². The average molecular weight is 205 g/mol. The first-order chi connectivity index (χ1) is 7.21. The monoisotopic (exact) mass is 205 g/mol. The van der Waals surface area contributed by atoms with Crippen molar-refractivity contribution in [2.45, 2.75) is 57.3 Å². The van der Waals surface area contributed by atoms with Gasteiger partial charge in [-0.2, -0.15) is 0 Å². The zero-order valence-corrected chi connectivity index (χ0v) is 9.87. The van der Waals surface area contributed by atoms with Crippen LogP contribution in [0.25, 0.3) is 0 Å². The Morgan fingerprint density at radius 1 is 1.20 bits per heavy atom. The Kier molecular flexibility index (Phi) is 3.12. The van der Waals surface area contributed by atoms with Crippen LogP contribution >= 0.6 is 0 Å². The topological polar surface area (TPSA) is 30.7 Å². The molecule has 4 heteroatoms. The molecule has 0 bridgehead atoms. The first-order valence-electron chi connectivity index (χ1n) is 6.10. The molecule has 0 N–H and O–H groups in total. The van der Waals surface area contributed by atoms with E-state index in [4.69, 9.17) is 0 Å². The number of hydrogen-bond acceptors (Lipinski definition) is 2. The lowest BCUT2D eigenvalue weighted by atomic mass is 9.69. The summed E-state index contributed by atoms with van der Waals surface area (Å²) in [6.45, 7) is 2.01. The van der Waals surface area contributed by atoms with Crippen LogP contribution in [0.5, 0.6) is 0 Å². The zero-order chi connectivity index (χ0) is 10.7. The summed E-state index contributed by atoms with van der Waals surface area (Å²) in [5.41, 5.74) is 1.24. The fraction of sp³-hybridized carbons (Fsp3) is 0.818. The minimum absolute atomic E-state index is 0.210. The molecule has 0 atom stereocenters. The Morgan fingerprint density at radius 2 is 1.80 bits per heavy atom. The third-order valence-electron chi connectivity index (χ3n) is 3.59. The van der Waals surface area contributed by atoms with Gasteiger partial charge in [0.1, 0.15) is 7.85 Å². The third-order valence-corrected chi connectivity index (χ3v) is 3.59. The van der Waals surface area contributed by atoms with E-state index in [0.29, 0.717) is 0 Å². The van der Waals surface area contributed by atoms with Crippen molar-refractivity contribution >= 4 is 7.85 Å². The summed E-state index contributed by atoms with van der Waals surface area (Å²) < 4.78 is 2.09. The average Bonchev–Trinajstić information content (AvgIpc) is 2.59. The minimum Gasteiger partial charge on any atom is -0.255 e. The number of aromatic nitrogens is 3. The minimum atomic E-state index is 0.210. The maximum absolute atomic E-state index is 4.25. The molecule has 2 rings (SSSR count). The summed E-state index contributed by atoms with van der Waals surface area (Å²) in [5.74, 6) is 0. The lowest BCUT2D eigenvalue weighted by molar-refractivity contribution is 0.291. The molecule has 1 heterocycles. The van der Waals surface area contributed by atoms with Crippen LogP contribution in [0, 0.1) is 6.92 Å². The number of rotatable bonds is 1. The number of aryl methyl sites for hydroxylation is 1. The van der Waals surface area contributed by atoms with Gasteiger partial charge in [0.25, 0.3) is 0 Å². The van der Waals surface area contributed by atoms with E-state index in [-0.39, 0.29) is 5.44 Å². The fourth-order valence-corrected chi connectivity index (χ4v) is 2.51. The molecule has 0 amide bonds. The largest absolute Gasteiger partial charge is 0.255 e. The highest BCUT2D eigenvalue weighted by Gasteiger charge is 2.27. The molecule has 1 saturated carbocycles. The maximum Gasteiger partial charge on any atom is 0.137 e. The Hall–Kier alpha value is -0.795. The molecular weight excluding hydrogens is 185 g/mol. The van der Waals surface area contributed by atoms with Gasteiger partial charge in [0.2, 0.25) is 0 Å². The van der Waals surface area contributed by atoms with E-state index in [1.807, 2.05) is 6.92 Å². The number of hydrogen-bond donors (Lipinski definition) is 0. The van der Waals surface area contributed by atoms with Crippen molar-refractivity contribution in [2.24, 2.45) is 0 Å². The van der Waals surface area contributed by atoms with Gasteiger partial charge in [-0.15, -0.1) is 5.10 Å². The summed E-state index contributed by atoms with van der Waals surface area (Å²) >= 11 is 0. The van der Waals surface area contributed by atoms with E-state index in [9.17, 15) is 0 Å². The smallest absolute Gasteiger partial charge is 0.137 e. The van der Waals surface area contributed by atoms with Crippen LogP contribution in [0.15, 0.2) is 6.20 Å². The predicted molar refractivity (Wildman–Crippen MR) is 63.6 cm³/mol. The second-order valence-corrected chi connectivity index (χ2v) is 5.07. The predicted octanol–water partition coefficient (Wildman–Crippen LogP) is 1.62. The lowest BCUT2D eigenvalue weighted by Crippen LogP contribution is -2.35. The van der Waals surface area contributed by atoms with Crippen molar-refractivity contribution in [3.63, 3.8) is 0 Å². The zero-order valence-electron chi connectivity index (χ0n) is 9.87. The van der Waals surface area contributed by atoms with Gasteiger partial charge in [-0.3, -0.25) is 4.68 Å². The summed E-state index contributed by atoms with van der Waals surface area (Å²) in [6, 6.07) is 0. The van der Waals surface area contributed by atoms with E-state index < -0.39 is 0 Å². The maximum atomic E-state index is 4.25. The highest BCUT2D eigenvalue weighted by Crippen LogP contribution is 2.29. The molecule has 1 aliphatic rings. The standard InChI is InChI=1S/C11H20BN3/c1-10-9-15(14-13-10)11(12)7-5-3-2-4-6-8-11/h9H,2-8,12H2,1H3. The molecule has 1 aromatic rings. The second-order valence-electron chi connectivity index (χ2n) is 5.07. The molecule has 3 nitrogen and oxygen atoms in total. The molecule has 1 aromatic heterocycles. The molecule has 0 radical (unpaired) electrons. The van der Waals surface area contributed by atoms with Gasteiger partial charge in [0.05, 0.1) is 5.69 Å². The summed E-state index contributed by atoms with van der Waals surface area (Å²) in [4.78, 5) is 0. The van der Waals surface area contributed by atoms with Crippen LogP contribution in [0.1, 0.15) is 50.6 Å². The van der Waals surface area contributed by atoms with Gasteiger partial charge in [-0.1, -0.05) is 37.3 Å². The quantitative estimate of drug-likeness (QED) is 0.652. The van der Waals surface area contributed by atoms with E-state index in [1.54, 1.807) is 0 Å². The molecule has 15 heavy (non-hydrogen) atoms. The molecular formula is C11H20BN3. The van der Waals surface area contributed by atoms with Crippen LogP contribution in [-0.2, 0) is 5.44 Å². The van der Waals surface area contributed by atoms with Gasteiger partial charge in [-0.25, -0.2) is 0 Å². The Bertz CT molecular complexity index is 313. The molecule has 1 aliphatic carbocycles. The Labute approximate surface area is 92.7 Å². The van der Waals surface area contributed by atoms with Crippen molar-refractivity contribution in [3.05, 3.63) is 11.9 Å². The summed E-state index contributed by atoms with van der Waals surface area (Å²) in [7, 11) is 2.33. The normalized spacial score (nSPS) is 21.9. The van der Waals surface area contributed by atoms with E-state index >= 15 is 0 Å². The lowest BCUT2D eigenvalue weighted by Gasteiger charge is -2.31. The second kappa shape index (κ2) is 4.37. The van der Waals surface area contributed by atoms with Crippen LogP contribution in [0.3, 0.4) is 0 Å². The van der Waals surface area contributed by atoms with Crippen molar-refractivity contribution in [2.75, 3.05) is 0 Å². The highest BCUT2D eigenvalue weighted by atomic mass is 15.4. The van der Waals surface area contributed by atoms with E-state index in [2.05, 4.69) is 29.0 Å². The molecule has 0 unspecified atom stereocenters. The van der Waals surface area contributed by atoms with Gasteiger partial charge < -0.3 is 0 Å². The van der Waals surface area contributed by atoms with Gasteiger partial charge in [0, 0.05) is 11.6 Å². The van der Waals surface area contributed by atoms with Crippen molar-refractivity contribution in [3.8, 4) is 0 Å². The molecule has 1 fully saturated rings. The van der Waals surface area contributed by atoms with Crippen molar-refractivity contribution < 1.29 is 0 Å². The van der Waals surface area contributed by atoms with Crippen molar-refractivity contribution in [1.29, 1.82) is 0 Å². The van der Waals surface area contributed by atoms with Crippen LogP contribution < -0.4 is 0 Å². The molecule has 0 aliphatic heterocycles. The Balaban J connectivity index is 2.15. The first-order valence-corrected chi connectivity index (χ1v) is 6.10. The van der Waals surface area contributed by atoms with Crippen molar-refractivity contribution in [1.82, 2.24) is 15.0 Å². The molecule has 0 saturated heterocycles.